The normalized spacial score (nSPS) is 13.2. The van der Waals surface area contributed by atoms with Crippen LogP contribution >= 0.6 is 0 Å². The van der Waals surface area contributed by atoms with Gasteiger partial charge in [0.05, 0.1) is 11.1 Å². The predicted molar refractivity (Wildman–Crippen MR) is 172 cm³/mol. The molecule has 0 heterocycles. The summed E-state index contributed by atoms with van der Waals surface area (Å²) in [6.45, 7) is 13.4. The van der Waals surface area contributed by atoms with E-state index in [4.69, 9.17) is 8.85 Å². The van der Waals surface area contributed by atoms with Gasteiger partial charge in [-0.1, -0.05) is 115 Å². The molecule has 0 spiro atoms. The van der Waals surface area contributed by atoms with Crippen molar-refractivity contribution in [2.45, 2.75) is 129 Å². The van der Waals surface area contributed by atoms with Crippen LogP contribution in [0.5, 0.6) is 11.5 Å². The number of carbonyl (C=O) groups is 2. The van der Waals surface area contributed by atoms with E-state index in [1.165, 1.54) is 64.2 Å². The summed E-state index contributed by atoms with van der Waals surface area (Å²) >= 11 is 0. The minimum absolute atomic E-state index is 0.134. The van der Waals surface area contributed by atoms with E-state index in [-0.39, 0.29) is 11.6 Å². The van der Waals surface area contributed by atoms with Gasteiger partial charge in [-0.25, -0.2) is 0 Å². The largest absolute Gasteiger partial charge is 0.544 e. The molecule has 6 heteroatoms. The lowest BCUT2D eigenvalue weighted by Crippen LogP contribution is -2.37. The second-order valence-corrected chi connectivity index (χ2v) is 21.2. The Kier molecular flexibility index (Phi) is 12.3. The number of hydrogen-bond donors (Lipinski definition) is 0. The van der Waals surface area contributed by atoms with Gasteiger partial charge >= 0.3 is 0 Å². The van der Waals surface area contributed by atoms with Gasteiger partial charge in [0.15, 0.2) is 11.6 Å². The summed E-state index contributed by atoms with van der Waals surface area (Å²) in [6.07, 6.45) is 14.9. The number of ketones is 2. The average molecular weight is 581 g/mol. The van der Waals surface area contributed by atoms with Gasteiger partial charge in [0.25, 0.3) is 0 Å². The van der Waals surface area contributed by atoms with Crippen molar-refractivity contribution in [3.05, 3.63) is 58.7 Å². The molecule has 1 aliphatic rings. The molecule has 0 unspecified atom stereocenters. The Bertz CT molecular complexity index is 1050. The van der Waals surface area contributed by atoms with E-state index in [2.05, 4.69) is 40.0 Å². The van der Waals surface area contributed by atoms with Crippen molar-refractivity contribution in [3.8, 4) is 11.5 Å². The molecule has 0 saturated carbocycles. The molecule has 0 amide bonds. The summed E-state index contributed by atoms with van der Waals surface area (Å²) in [7, 11) is -4.21. The van der Waals surface area contributed by atoms with Crippen molar-refractivity contribution in [1.29, 1.82) is 0 Å². The summed E-state index contributed by atoms with van der Waals surface area (Å²) < 4.78 is 13.4. The van der Waals surface area contributed by atoms with Gasteiger partial charge in [0.2, 0.25) is 16.6 Å². The smallest absolute Gasteiger partial charge is 0.245 e. The van der Waals surface area contributed by atoms with Gasteiger partial charge in [0, 0.05) is 11.1 Å². The van der Waals surface area contributed by atoms with Crippen molar-refractivity contribution in [3.63, 3.8) is 0 Å². The van der Waals surface area contributed by atoms with E-state index in [1.54, 1.807) is 12.1 Å². The molecule has 2 aromatic rings. The summed E-state index contributed by atoms with van der Waals surface area (Å²) in [4.78, 5) is 27.7. The zero-order valence-corrected chi connectivity index (χ0v) is 28.0. The van der Waals surface area contributed by atoms with Gasteiger partial charge in [-0.3, -0.25) is 9.59 Å². The zero-order chi connectivity index (χ0) is 29.2. The standard InChI is InChI=1S/C34H52O4Si2/c1-7-9-11-13-15-19-25-39(3,4)37-29-23-24-30(38-40(5,6)26-20-16-14-12-10-8-2)32-31(29)33(35)27-21-17-18-22-28(27)34(32)36/h17-18,21-24H,7-16,19-20,25-26H2,1-6H3. The van der Waals surface area contributed by atoms with Crippen LogP contribution in [-0.2, 0) is 0 Å². The van der Waals surface area contributed by atoms with E-state index in [9.17, 15) is 9.59 Å². The fourth-order valence-electron chi connectivity index (χ4n) is 5.69. The fraction of sp³-hybridized carbons (Fsp3) is 0.588. The Hall–Kier alpha value is -2.19. The van der Waals surface area contributed by atoms with Crippen LogP contribution in [0.4, 0.5) is 0 Å². The maximum atomic E-state index is 13.9. The zero-order valence-electron chi connectivity index (χ0n) is 26.0. The molecule has 0 radical (unpaired) electrons. The van der Waals surface area contributed by atoms with Crippen LogP contribution in [-0.4, -0.2) is 28.2 Å². The van der Waals surface area contributed by atoms with Crippen molar-refractivity contribution < 1.29 is 18.4 Å². The summed E-state index contributed by atoms with van der Waals surface area (Å²) in [6, 6.07) is 13.0. The summed E-state index contributed by atoms with van der Waals surface area (Å²) in [5.41, 5.74) is 1.71. The molecular weight excluding hydrogens is 529 g/mol. The molecule has 0 atom stereocenters. The first-order valence-electron chi connectivity index (χ1n) is 15.8. The van der Waals surface area contributed by atoms with Gasteiger partial charge in [-0.15, -0.1) is 0 Å². The molecule has 4 nitrogen and oxygen atoms in total. The van der Waals surface area contributed by atoms with Crippen LogP contribution in [0.1, 0.15) is 123 Å². The molecule has 0 aliphatic heterocycles. The monoisotopic (exact) mass is 580 g/mol. The predicted octanol–water partition coefficient (Wildman–Crippen LogP) is 10.4. The number of benzene rings is 2. The highest BCUT2D eigenvalue weighted by Crippen LogP contribution is 2.41. The third-order valence-corrected chi connectivity index (χ3v) is 12.7. The Morgan fingerprint density at radius 1 is 0.525 bits per heavy atom. The van der Waals surface area contributed by atoms with E-state index < -0.39 is 16.6 Å². The Morgan fingerprint density at radius 2 is 0.875 bits per heavy atom. The average Bonchev–Trinajstić information content (AvgIpc) is 2.91. The van der Waals surface area contributed by atoms with Crippen LogP contribution in [0.15, 0.2) is 36.4 Å². The molecule has 0 saturated heterocycles. The third kappa shape index (κ3) is 8.91. The van der Waals surface area contributed by atoms with Crippen LogP contribution in [0.2, 0.25) is 38.3 Å². The molecule has 40 heavy (non-hydrogen) atoms. The SMILES string of the molecule is CCCCCCCC[Si](C)(C)Oc1ccc(O[Si](C)(C)CCCCCCCC)c2c1C(=O)c1ccccc1C2=O. The van der Waals surface area contributed by atoms with Crippen LogP contribution in [0, 0.1) is 0 Å². The molecule has 220 valence electrons. The quantitative estimate of drug-likeness (QED) is 0.111. The van der Waals surface area contributed by atoms with Crippen molar-refractivity contribution in [2.75, 3.05) is 0 Å². The lowest BCUT2D eigenvalue weighted by atomic mass is 9.83. The topological polar surface area (TPSA) is 52.6 Å². The minimum Gasteiger partial charge on any atom is -0.544 e. The number of rotatable bonds is 18. The van der Waals surface area contributed by atoms with Crippen LogP contribution in [0.3, 0.4) is 0 Å². The lowest BCUT2D eigenvalue weighted by Gasteiger charge is -2.31. The van der Waals surface area contributed by atoms with Crippen molar-refractivity contribution >= 4 is 28.2 Å². The number of fused-ring (bicyclic) bond motifs is 2. The maximum Gasteiger partial charge on any atom is 0.245 e. The molecule has 0 aromatic heterocycles. The van der Waals surface area contributed by atoms with Crippen molar-refractivity contribution in [1.82, 2.24) is 0 Å². The van der Waals surface area contributed by atoms with E-state index in [0.29, 0.717) is 33.8 Å². The first kappa shape index (κ1) is 32.3. The second kappa shape index (κ2) is 15.2. The molecule has 0 fully saturated rings. The van der Waals surface area contributed by atoms with Gasteiger partial charge in [-0.05, 0) is 50.4 Å². The summed E-state index contributed by atoms with van der Waals surface area (Å²) in [5.74, 6) is 0.831. The third-order valence-electron chi connectivity index (χ3n) is 8.04. The van der Waals surface area contributed by atoms with Crippen LogP contribution in [0.25, 0.3) is 0 Å². The first-order chi connectivity index (χ1) is 19.1. The highest BCUT2D eigenvalue weighted by atomic mass is 28.4. The minimum atomic E-state index is -2.11. The van der Waals surface area contributed by atoms with Crippen LogP contribution < -0.4 is 8.85 Å². The maximum absolute atomic E-state index is 13.9. The van der Waals surface area contributed by atoms with Gasteiger partial charge in [0.1, 0.15) is 11.5 Å². The molecule has 2 aromatic carbocycles. The molecule has 1 aliphatic carbocycles. The molecule has 3 rings (SSSR count). The van der Waals surface area contributed by atoms with Gasteiger partial charge in [-0.2, -0.15) is 0 Å². The van der Waals surface area contributed by atoms with E-state index >= 15 is 0 Å². The number of carbonyl (C=O) groups excluding carboxylic acids is 2. The van der Waals surface area contributed by atoms with E-state index in [1.807, 2.05) is 24.3 Å². The second-order valence-electron chi connectivity index (χ2n) is 12.8. The first-order valence-corrected chi connectivity index (χ1v) is 22.1. The van der Waals surface area contributed by atoms with Crippen molar-refractivity contribution in [2.24, 2.45) is 0 Å². The highest BCUT2D eigenvalue weighted by Gasteiger charge is 2.38. The number of unbranched alkanes of at least 4 members (excludes halogenated alkanes) is 10. The number of hydrogen-bond acceptors (Lipinski definition) is 4. The fourth-order valence-corrected chi connectivity index (χ4v) is 9.63. The van der Waals surface area contributed by atoms with E-state index in [0.717, 1.165) is 24.9 Å². The molecule has 0 bridgehead atoms. The highest BCUT2D eigenvalue weighted by molar-refractivity contribution is 6.72. The Labute approximate surface area is 245 Å². The molecule has 0 N–H and O–H groups in total. The Morgan fingerprint density at radius 3 is 1.25 bits per heavy atom. The lowest BCUT2D eigenvalue weighted by molar-refractivity contribution is 0.0976. The van der Waals surface area contributed by atoms with Gasteiger partial charge < -0.3 is 8.85 Å². The molecular formula is C34H52O4Si2. The summed E-state index contributed by atoms with van der Waals surface area (Å²) in [5, 5.41) is 0. The Balaban J connectivity index is 1.84.